The summed E-state index contributed by atoms with van der Waals surface area (Å²) in [6.07, 6.45) is -6.49. The first-order valence-electron chi connectivity index (χ1n) is 18.9. The summed E-state index contributed by atoms with van der Waals surface area (Å²) in [7, 11) is -0.805. The van der Waals surface area contributed by atoms with E-state index in [1.54, 1.807) is 41.0 Å². The molecule has 2 amide bonds. The molecule has 1 spiro atoms. The molecule has 7 rings (SSSR count). The Morgan fingerprint density at radius 3 is 2.51 bits per heavy atom. The molecule has 2 fully saturated rings. The number of rotatable bonds is 12. The fourth-order valence-electron chi connectivity index (χ4n) is 8.87. The molecule has 15 nitrogen and oxygen atoms in total. The minimum absolute atomic E-state index is 0.0327. The third-order valence-corrected chi connectivity index (χ3v) is 16.4. The normalized spacial score (nSPS) is 28.5. The molecule has 1 aromatic heterocycles. The number of methoxy groups -OCH3 is 1. The predicted octanol–water partition coefficient (Wildman–Crippen LogP) is 2.07. The van der Waals surface area contributed by atoms with E-state index in [0.717, 1.165) is 5.75 Å². The number of benzene rings is 3. The number of nitrogens with zero attached hydrogens (tertiary/aromatic N) is 4. The van der Waals surface area contributed by atoms with Crippen LogP contribution in [0.5, 0.6) is 5.75 Å². The second-order valence-corrected chi connectivity index (χ2v) is 20.7. The third kappa shape index (κ3) is 7.50. The van der Waals surface area contributed by atoms with Crippen LogP contribution in [0, 0.1) is 5.92 Å². The van der Waals surface area contributed by atoms with Crippen LogP contribution in [-0.2, 0) is 44.2 Å². The Balaban J connectivity index is 1.20. The first kappa shape index (κ1) is 40.9. The van der Waals surface area contributed by atoms with Gasteiger partial charge >= 0.3 is 0 Å². The number of aromatic nitrogens is 3. The van der Waals surface area contributed by atoms with Gasteiger partial charge in [0.25, 0.3) is 11.8 Å². The molecule has 304 valence electrons. The summed E-state index contributed by atoms with van der Waals surface area (Å²) in [6, 6.07) is 20.3. The number of ether oxygens (including phenoxy) is 3. The lowest BCUT2D eigenvalue weighted by Gasteiger charge is -2.37. The van der Waals surface area contributed by atoms with Crippen molar-refractivity contribution in [2.45, 2.75) is 93.9 Å². The highest BCUT2D eigenvalue weighted by atomic mass is 35.5. The van der Waals surface area contributed by atoms with E-state index in [1.165, 1.54) is 5.19 Å². The Hall–Kier alpha value is -4.23. The average molecular weight is 822 g/mol. The van der Waals surface area contributed by atoms with Crippen LogP contribution in [0.25, 0.3) is 0 Å². The van der Waals surface area contributed by atoms with Gasteiger partial charge in [-0.15, -0.1) is 5.10 Å². The fourth-order valence-corrected chi connectivity index (χ4v) is 13.1. The number of halogens is 1. The quantitative estimate of drug-likeness (QED) is 0.114. The van der Waals surface area contributed by atoms with E-state index < -0.39 is 50.3 Å². The summed E-state index contributed by atoms with van der Waals surface area (Å²) in [6.45, 7) is 7.26. The molecule has 17 heteroatoms. The highest BCUT2D eigenvalue weighted by molar-refractivity contribution is 6.91. The molecular weight excluding hydrogens is 774 g/mol. The highest BCUT2D eigenvalue weighted by Crippen LogP contribution is 2.60. The van der Waals surface area contributed by atoms with Crippen molar-refractivity contribution in [3.05, 3.63) is 94.8 Å². The van der Waals surface area contributed by atoms with E-state index in [4.69, 9.17) is 25.8 Å². The maximum Gasteiger partial charge on any atom is 0.264 e. The SMILES string of the molecule is COc1ccc([Si](C)(C)[C@@H]2[C@@H](CCn3cc(CCO)nn3)O[C@]3(C(=O)N(Cc4cccc(NC(=O)[C@H]5O[C@@H](O)[C@H](O)[C@@H](O)[C@@H]5O)c4)c4ccc(Cl)cc43)[C@H]2C)cc1. The summed E-state index contributed by atoms with van der Waals surface area (Å²) < 4.78 is 19.5. The summed E-state index contributed by atoms with van der Waals surface area (Å²) in [4.78, 5) is 30.0. The van der Waals surface area contributed by atoms with Crippen molar-refractivity contribution in [1.82, 2.24) is 15.0 Å². The van der Waals surface area contributed by atoms with Crippen LogP contribution in [-0.4, -0.2) is 111 Å². The van der Waals surface area contributed by atoms with Gasteiger partial charge in [0.15, 0.2) is 18.0 Å². The number of carbonyl (C=O) groups excluding carboxylic acids is 2. The first-order chi connectivity index (χ1) is 27.2. The minimum atomic E-state index is -2.44. The Morgan fingerprint density at radius 1 is 1.04 bits per heavy atom. The number of aliphatic hydroxyl groups excluding tert-OH is 5. The maximum atomic E-state index is 15.2. The number of amides is 2. The summed E-state index contributed by atoms with van der Waals surface area (Å²) >= 11 is 6.68. The molecular formula is C40H48ClN5O10Si. The molecule has 2 saturated heterocycles. The highest BCUT2D eigenvalue weighted by Gasteiger charge is 2.66. The zero-order chi connectivity index (χ0) is 40.8. The molecule has 0 radical (unpaired) electrons. The van der Waals surface area contributed by atoms with Crippen molar-refractivity contribution in [1.29, 1.82) is 0 Å². The van der Waals surface area contributed by atoms with Crippen LogP contribution in [0.1, 0.15) is 30.2 Å². The summed E-state index contributed by atoms with van der Waals surface area (Å²) in [5.41, 5.74) is 1.58. The zero-order valence-electron chi connectivity index (χ0n) is 32.0. The molecule has 4 heterocycles. The number of fused-ring (bicyclic) bond motifs is 2. The predicted molar refractivity (Wildman–Crippen MR) is 212 cm³/mol. The van der Waals surface area contributed by atoms with Crippen LogP contribution in [0.2, 0.25) is 23.7 Å². The number of aliphatic hydroxyl groups is 5. The van der Waals surface area contributed by atoms with E-state index in [0.29, 0.717) is 52.6 Å². The van der Waals surface area contributed by atoms with Gasteiger partial charge in [-0.2, -0.15) is 0 Å². The van der Waals surface area contributed by atoms with E-state index >= 15 is 4.79 Å². The molecule has 0 aliphatic carbocycles. The van der Waals surface area contributed by atoms with Gasteiger partial charge in [-0.1, -0.05) is 66.3 Å². The van der Waals surface area contributed by atoms with Crippen LogP contribution >= 0.6 is 11.6 Å². The van der Waals surface area contributed by atoms with Crippen molar-refractivity contribution >= 4 is 48.1 Å². The molecule has 0 bridgehead atoms. The van der Waals surface area contributed by atoms with Crippen LogP contribution in [0.3, 0.4) is 0 Å². The van der Waals surface area contributed by atoms with Gasteiger partial charge in [0.1, 0.15) is 24.1 Å². The molecule has 0 saturated carbocycles. The zero-order valence-corrected chi connectivity index (χ0v) is 33.8. The Bertz CT molecular complexity index is 2100. The maximum absolute atomic E-state index is 15.2. The lowest BCUT2D eigenvalue weighted by molar-refractivity contribution is -0.274. The second-order valence-electron chi connectivity index (χ2n) is 15.6. The van der Waals surface area contributed by atoms with Crippen molar-refractivity contribution in [2.75, 3.05) is 23.9 Å². The van der Waals surface area contributed by atoms with Gasteiger partial charge in [-0.3, -0.25) is 14.3 Å². The lowest BCUT2D eigenvalue weighted by Crippen LogP contribution is -2.60. The average Bonchev–Trinajstić information content (AvgIpc) is 3.84. The van der Waals surface area contributed by atoms with Crippen molar-refractivity contribution in [2.24, 2.45) is 5.92 Å². The summed E-state index contributed by atoms with van der Waals surface area (Å²) in [5.74, 6) is -0.619. The molecule has 6 N–H and O–H groups in total. The number of aryl methyl sites for hydroxylation is 1. The van der Waals surface area contributed by atoms with Crippen LogP contribution < -0.4 is 20.1 Å². The molecule has 3 aromatic carbocycles. The van der Waals surface area contributed by atoms with Crippen molar-refractivity contribution in [3.8, 4) is 5.75 Å². The van der Waals surface area contributed by atoms with E-state index in [2.05, 4.69) is 47.8 Å². The smallest absolute Gasteiger partial charge is 0.264 e. The van der Waals surface area contributed by atoms with Gasteiger partial charge in [0, 0.05) is 48.0 Å². The Labute approximate surface area is 335 Å². The molecule has 3 aliphatic rings. The molecule has 3 aliphatic heterocycles. The number of hydrogen-bond acceptors (Lipinski definition) is 12. The van der Waals surface area contributed by atoms with E-state index in [1.807, 2.05) is 36.5 Å². The largest absolute Gasteiger partial charge is 0.497 e. The Kier molecular flexibility index (Phi) is 11.6. The third-order valence-electron chi connectivity index (χ3n) is 11.8. The standard InChI is InChI=1S/C40H48ClN5O10Si/c1-22-36(57(3,4)28-11-9-27(54-2)10-12-28)31(14-16-45-21-26(15-17-47)43-44-45)56-40(22)29-19-24(41)8-13-30(29)46(39(40)53)20-23-6-5-7-25(18-23)42-37(51)35-33(49)32(48)34(50)38(52)55-35/h5-13,18-19,21-22,31-36,38,47-50,52H,14-17,20H2,1-4H3,(H,42,51)/t22-,31+,32-,33-,34+,35-,36-,38+,40+/m0/s1. The van der Waals surface area contributed by atoms with E-state index in [-0.39, 0.29) is 36.6 Å². The fraction of sp³-hybridized carbons (Fsp3) is 0.450. The second kappa shape index (κ2) is 16.2. The van der Waals surface area contributed by atoms with Gasteiger partial charge < -0.3 is 50.0 Å². The lowest BCUT2D eigenvalue weighted by atomic mass is 9.82. The van der Waals surface area contributed by atoms with Crippen LogP contribution in [0.4, 0.5) is 11.4 Å². The summed E-state index contributed by atoms with van der Waals surface area (Å²) in [5, 5.41) is 62.4. The van der Waals surface area contributed by atoms with Gasteiger partial charge in [-0.25, -0.2) is 0 Å². The Morgan fingerprint density at radius 2 is 1.79 bits per heavy atom. The van der Waals surface area contributed by atoms with Gasteiger partial charge in [0.05, 0.1) is 39.2 Å². The van der Waals surface area contributed by atoms with Gasteiger partial charge in [-0.05, 0) is 60.0 Å². The monoisotopic (exact) mass is 821 g/mol. The number of hydrogen-bond donors (Lipinski definition) is 6. The number of anilines is 2. The molecule has 0 unspecified atom stereocenters. The first-order valence-corrected chi connectivity index (χ1v) is 22.4. The van der Waals surface area contributed by atoms with Crippen molar-refractivity contribution in [3.63, 3.8) is 0 Å². The number of nitrogens with one attached hydrogen (secondary N) is 1. The number of carbonyl (C=O) groups is 2. The topological polar surface area (TPSA) is 209 Å². The van der Waals surface area contributed by atoms with E-state index in [9.17, 15) is 30.3 Å². The molecule has 4 aromatic rings. The molecule has 57 heavy (non-hydrogen) atoms. The van der Waals surface area contributed by atoms with Crippen molar-refractivity contribution < 1.29 is 49.3 Å². The van der Waals surface area contributed by atoms with Crippen LogP contribution in [0.15, 0.2) is 72.9 Å². The molecule has 9 atom stereocenters. The van der Waals surface area contributed by atoms with Gasteiger partial charge in [0.2, 0.25) is 0 Å². The minimum Gasteiger partial charge on any atom is -0.497 e.